The molecule has 80 valence electrons. The lowest BCUT2D eigenvalue weighted by Gasteiger charge is -2.24. The Kier molecular flexibility index (Phi) is 2.13. The summed E-state index contributed by atoms with van der Waals surface area (Å²) in [5.41, 5.74) is 0.995. The fraction of sp³-hybridized carbons (Fsp3) is 0.0769. The second-order valence-electron chi connectivity index (χ2n) is 3.78. The van der Waals surface area contributed by atoms with E-state index in [1.807, 2.05) is 36.5 Å². The minimum atomic E-state index is 0.531. The maximum absolute atomic E-state index is 9.70. The molecule has 3 nitrogen and oxygen atoms in total. The molecule has 0 unspecified atom stereocenters. The van der Waals surface area contributed by atoms with Gasteiger partial charge < -0.3 is 0 Å². The Hall–Kier alpha value is -1.84. The van der Waals surface area contributed by atoms with Crippen LogP contribution >= 0.6 is 0 Å². The topological polar surface area (TPSA) is 26.7 Å². The molecule has 0 bridgehead atoms. The summed E-state index contributed by atoms with van der Waals surface area (Å²) in [4.78, 5) is 0. The standard InChI is InChI=1S/C13H12N2O/c16-15-10-4-9-14(15)13-8-3-6-11-5-1-2-7-12(11)13/h1-9,16H,10H2. The maximum Gasteiger partial charge on any atom is 0.0674 e. The van der Waals surface area contributed by atoms with Crippen molar-refractivity contribution in [1.29, 1.82) is 0 Å². The lowest BCUT2D eigenvalue weighted by molar-refractivity contribution is -0.0748. The van der Waals surface area contributed by atoms with E-state index in [2.05, 4.69) is 18.2 Å². The average Bonchev–Trinajstić information content (AvgIpc) is 2.75. The minimum absolute atomic E-state index is 0.531. The van der Waals surface area contributed by atoms with Crippen LogP contribution in [0.2, 0.25) is 0 Å². The molecule has 1 aliphatic rings. The number of rotatable bonds is 1. The van der Waals surface area contributed by atoms with Gasteiger partial charge in [-0.1, -0.05) is 41.6 Å². The zero-order valence-electron chi connectivity index (χ0n) is 8.74. The van der Waals surface area contributed by atoms with E-state index >= 15 is 0 Å². The summed E-state index contributed by atoms with van der Waals surface area (Å²) < 4.78 is 0. The van der Waals surface area contributed by atoms with Gasteiger partial charge in [-0.15, -0.1) is 0 Å². The van der Waals surface area contributed by atoms with Crippen molar-refractivity contribution >= 4 is 16.5 Å². The van der Waals surface area contributed by atoms with Crippen LogP contribution in [0.4, 0.5) is 5.69 Å². The molecule has 0 spiro atoms. The van der Waals surface area contributed by atoms with Gasteiger partial charge in [0.05, 0.1) is 12.2 Å². The Morgan fingerprint density at radius 3 is 2.62 bits per heavy atom. The van der Waals surface area contributed by atoms with Gasteiger partial charge in [-0.05, 0) is 17.5 Å². The molecule has 0 saturated carbocycles. The molecule has 0 radical (unpaired) electrons. The van der Waals surface area contributed by atoms with Crippen molar-refractivity contribution in [2.45, 2.75) is 0 Å². The minimum Gasteiger partial charge on any atom is -0.294 e. The molecule has 2 aromatic carbocycles. The summed E-state index contributed by atoms with van der Waals surface area (Å²) in [5, 5.41) is 15.0. The summed E-state index contributed by atoms with van der Waals surface area (Å²) in [5.74, 6) is 0. The third kappa shape index (κ3) is 1.38. The fourth-order valence-electron chi connectivity index (χ4n) is 2.02. The first-order valence-corrected chi connectivity index (χ1v) is 5.26. The van der Waals surface area contributed by atoms with Crippen LogP contribution in [0, 0.1) is 0 Å². The highest BCUT2D eigenvalue weighted by Gasteiger charge is 2.16. The van der Waals surface area contributed by atoms with Crippen molar-refractivity contribution in [2.75, 3.05) is 11.6 Å². The van der Waals surface area contributed by atoms with Crippen LogP contribution in [0.15, 0.2) is 54.7 Å². The third-order valence-electron chi connectivity index (χ3n) is 2.78. The van der Waals surface area contributed by atoms with Gasteiger partial charge in [0, 0.05) is 11.6 Å². The van der Waals surface area contributed by atoms with E-state index in [1.165, 1.54) is 10.6 Å². The first kappa shape index (κ1) is 9.39. The molecule has 0 fully saturated rings. The van der Waals surface area contributed by atoms with Gasteiger partial charge in [-0.3, -0.25) is 10.2 Å². The molecule has 0 aliphatic carbocycles. The van der Waals surface area contributed by atoms with Gasteiger partial charge >= 0.3 is 0 Å². The average molecular weight is 212 g/mol. The Bertz CT molecular complexity index is 545. The first-order valence-electron chi connectivity index (χ1n) is 5.26. The highest BCUT2D eigenvalue weighted by molar-refractivity contribution is 5.94. The van der Waals surface area contributed by atoms with E-state index in [0.717, 1.165) is 11.1 Å². The lowest BCUT2D eigenvalue weighted by Crippen LogP contribution is -2.31. The number of hydroxylamine groups is 1. The highest BCUT2D eigenvalue weighted by Crippen LogP contribution is 2.28. The molecule has 0 atom stereocenters. The van der Waals surface area contributed by atoms with Crippen LogP contribution in [0.3, 0.4) is 0 Å². The van der Waals surface area contributed by atoms with Crippen molar-refractivity contribution in [3.8, 4) is 0 Å². The van der Waals surface area contributed by atoms with Crippen LogP contribution in [0.5, 0.6) is 0 Å². The maximum atomic E-state index is 9.70. The number of fused-ring (bicyclic) bond motifs is 1. The van der Waals surface area contributed by atoms with Gasteiger partial charge in [-0.25, -0.2) is 0 Å². The SMILES string of the molecule is ON1CC=CN1c1cccc2ccccc12. The number of nitrogens with zero attached hydrogens (tertiary/aromatic N) is 2. The normalized spacial score (nSPS) is 16.2. The smallest absolute Gasteiger partial charge is 0.0674 e. The van der Waals surface area contributed by atoms with Crippen LogP contribution < -0.4 is 5.01 Å². The van der Waals surface area contributed by atoms with Crippen molar-refractivity contribution in [1.82, 2.24) is 5.17 Å². The van der Waals surface area contributed by atoms with Gasteiger partial charge in [0.2, 0.25) is 0 Å². The Morgan fingerprint density at radius 2 is 1.81 bits per heavy atom. The molecule has 1 N–H and O–H groups in total. The second kappa shape index (κ2) is 3.63. The Labute approximate surface area is 93.8 Å². The molecule has 0 aromatic heterocycles. The first-order chi connectivity index (χ1) is 7.86. The summed E-state index contributed by atoms with van der Waals surface area (Å²) in [6, 6.07) is 14.2. The predicted molar refractivity (Wildman–Crippen MR) is 64.1 cm³/mol. The van der Waals surface area contributed by atoms with Gasteiger partial charge in [0.15, 0.2) is 0 Å². The van der Waals surface area contributed by atoms with E-state index < -0.39 is 0 Å². The van der Waals surface area contributed by atoms with Crippen LogP contribution in [-0.2, 0) is 0 Å². The molecule has 1 aliphatic heterocycles. The van der Waals surface area contributed by atoms with Crippen molar-refractivity contribution < 1.29 is 5.21 Å². The molecule has 1 heterocycles. The molecule has 16 heavy (non-hydrogen) atoms. The number of benzene rings is 2. The van der Waals surface area contributed by atoms with Crippen molar-refractivity contribution in [2.24, 2.45) is 0 Å². The second-order valence-corrected chi connectivity index (χ2v) is 3.78. The predicted octanol–water partition coefficient (Wildman–Crippen LogP) is 2.78. The summed E-state index contributed by atoms with van der Waals surface area (Å²) in [6.07, 6.45) is 3.80. The molecule has 0 amide bonds. The summed E-state index contributed by atoms with van der Waals surface area (Å²) in [6.45, 7) is 0.531. The number of anilines is 1. The highest BCUT2D eigenvalue weighted by atomic mass is 16.5. The third-order valence-corrected chi connectivity index (χ3v) is 2.78. The summed E-state index contributed by atoms with van der Waals surface area (Å²) >= 11 is 0. The quantitative estimate of drug-likeness (QED) is 0.787. The van der Waals surface area contributed by atoms with Gasteiger partial charge in [-0.2, -0.15) is 0 Å². The van der Waals surface area contributed by atoms with E-state index in [-0.39, 0.29) is 0 Å². The molecular weight excluding hydrogens is 200 g/mol. The molecular formula is C13H12N2O. The fourth-order valence-corrected chi connectivity index (χ4v) is 2.02. The van der Waals surface area contributed by atoms with Gasteiger partial charge in [0.1, 0.15) is 0 Å². The number of hydrogen-bond donors (Lipinski definition) is 1. The lowest BCUT2D eigenvalue weighted by atomic mass is 10.1. The number of hydrazine groups is 1. The van der Waals surface area contributed by atoms with Crippen LogP contribution in [-0.4, -0.2) is 16.9 Å². The van der Waals surface area contributed by atoms with E-state index in [4.69, 9.17) is 0 Å². The molecule has 3 heteroatoms. The van der Waals surface area contributed by atoms with E-state index in [9.17, 15) is 5.21 Å². The molecule has 3 rings (SSSR count). The van der Waals surface area contributed by atoms with Crippen molar-refractivity contribution in [3.05, 3.63) is 54.7 Å². The zero-order chi connectivity index (χ0) is 11.0. The van der Waals surface area contributed by atoms with Crippen LogP contribution in [0.25, 0.3) is 10.8 Å². The molecule has 2 aromatic rings. The van der Waals surface area contributed by atoms with Gasteiger partial charge in [0.25, 0.3) is 0 Å². The monoisotopic (exact) mass is 212 g/mol. The Morgan fingerprint density at radius 1 is 1.00 bits per heavy atom. The zero-order valence-corrected chi connectivity index (χ0v) is 8.74. The van der Waals surface area contributed by atoms with Crippen molar-refractivity contribution in [3.63, 3.8) is 0 Å². The Balaban J connectivity index is 2.19. The largest absolute Gasteiger partial charge is 0.294 e. The number of hydrogen-bond acceptors (Lipinski definition) is 3. The molecule has 0 saturated heterocycles. The summed E-state index contributed by atoms with van der Waals surface area (Å²) in [7, 11) is 0. The van der Waals surface area contributed by atoms with E-state index in [1.54, 1.807) is 5.01 Å². The van der Waals surface area contributed by atoms with Crippen LogP contribution in [0.1, 0.15) is 0 Å². The van der Waals surface area contributed by atoms with E-state index in [0.29, 0.717) is 6.54 Å².